The van der Waals surface area contributed by atoms with Crippen LogP contribution in [0.25, 0.3) is 11.1 Å². The molecular weight excluding hydrogens is 170 g/mol. The Morgan fingerprint density at radius 1 is 1.00 bits per heavy atom. The Morgan fingerprint density at radius 3 is 2.36 bits per heavy atom. The number of nitriles is 1. The molecule has 0 aromatic heterocycles. The maximum Gasteiger partial charge on any atom is 0.0991 e. The predicted octanol–water partition coefficient (Wildman–Crippen LogP) is 3.03. The quantitative estimate of drug-likeness (QED) is 0.658. The van der Waals surface area contributed by atoms with Crippen LogP contribution in [-0.4, -0.2) is 0 Å². The van der Waals surface area contributed by atoms with E-state index in [1.54, 1.807) is 12.1 Å². The third kappa shape index (κ3) is 1.65. The van der Waals surface area contributed by atoms with Crippen LogP contribution in [0, 0.1) is 17.4 Å². The Balaban J connectivity index is 2.40. The van der Waals surface area contributed by atoms with Crippen molar-refractivity contribution in [3.05, 3.63) is 60.2 Å². The fourth-order valence-electron chi connectivity index (χ4n) is 1.29. The van der Waals surface area contributed by atoms with E-state index in [4.69, 9.17) is 5.26 Å². The van der Waals surface area contributed by atoms with Crippen molar-refractivity contribution in [2.75, 3.05) is 0 Å². The monoisotopic (exact) mass is 178 g/mol. The molecule has 0 aliphatic heterocycles. The number of rotatable bonds is 1. The van der Waals surface area contributed by atoms with Crippen LogP contribution in [0.5, 0.6) is 0 Å². The predicted molar refractivity (Wildman–Crippen MR) is 55.4 cm³/mol. The average Bonchev–Trinajstić information content (AvgIpc) is 2.30. The van der Waals surface area contributed by atoms with Crippen LogP contribution in [0.1, 0.15) is 5.56 Å². The summed E-state index contributed by atoms with van der Waals surface area (Å²) in [5, 5.41) is 8.63. The molecule has 0 fully saturated rings. The summed E-state index contributed by atoms with van der Waals surface area (Å²) in [5.74, 6) is 0. The summed E-state index contributed by atoms with van der Waals surface area (Å²) in [7, 11) is 0. The lowest BCUT2D eigenvalue weighted by molar-refractivity contribution is 1.48. The minimum absolute atomic E-state index is 0.643. The van der Waals surface area contributed by atoms with Gasteiger partial charge in [-0.15, -0.1) is 0 Å². The van der Waals surface area contributed by atoms with E-state index in [9.17, 15) is 0 Å². The van der Waals surface area contributed by atoms with Gasteiger partial charge < -0.3 is 0 Å². The van der Waals surface area contributed by atoms with E-state index in [1.807, 2.05) is 36.4 Å². The van der Waals surface area contributed by atoms with Crippen molar-refractivity contribution in [1.82, 2.24) is 0 Å². The molecule has 1 radical (unpaired) electrons. The van der Waals surface area contributed by atoms with Crippen LogP contribution in [0.3, 0.4) is 0 Å². The molecule has 2 rings (SSSR count). The van der Waals surface area contributed by atoms with E-state index < -0.39 is 0 Å². The minimum Gasteiger partial charge on any atom is -0.192 e. The van der Waals surface area contributed by atoms with Crippen LogP contribution in [0.15, 0.2) is 48.5 Å². The van der Waals surface area contributed by atoms with Crippen molar-refractivity contribution in [3.8, 4) is 17.2 Å². The Kier molecular flexibility index (Phi) is 2.29. The number of hydrogen-bond acceptors (Lipinski definition) is 1. The van der Waals surface area contributed by atoms with Crippen molar-refractivity contribution in [2.24, 2.45) is 0 Å². The molecular formula is C13H8N. The molecule has 0 atom stereocenters. The number of hydrogen-bond donors (Lipinski definition) is 0. The number of benzene rings is 2. The Bertz CT molecular complexity index is 449. The standard InChI is InChI=1S/C13H8N/c14-10-11-6-8-13(9-7-11)12-4-2-1-3-5-12/h1-8H. The highest BCUT2D eigenvalue weighted by atomic mass is 14.2. The first kappa shape index (κ1) is 8.52. The van der Waals surface area contributed by atoms with Gasteiger partial charge in [0.2, 0.25) is 0 Å². The Morgan fingerprint density at radius 2 is 1.79 bits per heavy atom. The second-order valence-corrected chi connectivity index (χ2v) is 2.97. The third-order valence-electron chi connectivity index (χ3n) is 2.03. The zero-order valence-corrected chi connectivity index (χ0v) is 7.57. The van der Waals surface area contributed by atoms with Gasteiger partial charge in [-0.25, -0.2) is 0 Å². The van der Waals surface area contributed by atoms with Crippen LogP contribution in [0.2, 0.25) is 0 Å². The zero-order chi connectivity index (χ0) is 9.80. The highest BCUT2D eigenvalue weighted by molar-refractivity contribution is 5.63. The van der Waals surface area contributed by atoms with Gasteiger partial charge in [-0.2, -0.15) is 5.26 Å². The molecule has 1 heteroatoms. The molecule has 0 heterocycles. The molecule has 14 heavy (non-hydrogen) atoms. The topological polar surface area (TPSA) is 23.8 Å². The molecule has 0 aliphatic rings. The van der Waals surface area contributed by atoms with Crippen molar-refractivity contribution in [2.45, 2.75) is 0 Å². The number of nitrogens with zero attached hydrogens (tertiary/aromatic N) is 1. The fourth-order valence-corrected chi connectivity index (χ4v) is 1.29. The van der Waals surface area contributed by atoms with Crippen molar-refractivity contribution >= 4 is 0 Å². The summed E-state index contributed by atoms with van der Waals surface area (Å²) in [6.45, 7) is 0. The fraction of sp³-hybridized carbons (Fsp3) is 0. The van der Waals surface area contributed by atoms with Gasteiger partial charge in [0.15, 0.2) is 0 Å². The minimum atomic E-state index is 0.643. The van der Waals surface area contributed by atoms with E-state index in [2.05, 4.69) is 12.1 Å². The SMILES string of the molecule is N#Cc1c[c]c(-c2ccccc2)cc1. The first-order valence-corrected chi connectivity index (χ1v) is 4.37. The summed E-state index contributed by atoms with van der Waals surface area (Å²) in [5.41, 5.74) is 2.78. The van der Waals surface area contributed by atoms with E-state index in [0.29, 0.717) is 5.56 Å². The highest BCUT2D eigenvalue weighted by Crippen LogP contribution is 2.18. The van der Waals surface area contributed by atoms with Crippen molar-refractivity contribution in [3.63, 3.8) is 0 Å². The van der Waals surface area contributed by atoms with Gasteiger partial charge in [-0.1, -0.05) is 36.4 Å². The Hall–Kier alpha value is -2.07. The normalized spacial score (nSPS) is 9.36. The lowest BCUT2D eigenvalue weighted by Gasteiger charge is -1.99. The molecule has 65 valence electrons. The van der Waals surface area contributed by atoms with Gasteiger partial charge in [0, 0.05) is 0 Å². The lowest BCUT2D eigenvalue weighted by atomic mass is 10.0. The summed E-state index contributed by atoms with van der Waals surface area (Å²) >= 11 is 0. The van der Waals surface area contributed by atoms with Crippen LogP contribution < -0.4 is 0 Å². The molecule has 0 saturated heterocycles. The van der Waals surface area contributed by atoms with Gasteiger partial charge in [0.05, 0.1) is 11.6 Å². The van der Waals surface area contributed by atoms with Gasteiger partial charge in [-0.05, 0) is 29.3 Å². The van der Waals surface area contributed by atoms with Gasteiger partial charge >= 0.3 is 0 Å². The summed E-state index contributed by atoms with van der Waals surface area (Å²) < 4.78 is 0. The van der Waals surface area contributed by atoms with E-state index in [1.165, 1.54) is 0 Å². The molecule has 0 N–H and O–H groups in total. The molecule has 0 unspecified atom stereocenters. The smallest absolute Gasteiger partial charge is 0.0991 e. The summed E-state index contributed by atoms with van der Waals surface area (Å²) in [6, 6.07) is 20.6. The first-order valence-electron chi connectivity index (χ1n) is 4.37. The molecule has 0 spiro atoms. The van der Waals surface area contributed by atoms with Crippen LogP contribution >= 0.6 is 0 Å². The second kappa shape index (κ2) is 3.76. The molecule has 0 amide bonds. The van der Waals surface area contributed by atoms with Gasteiger partial charge in [-0.3, -0.25) is 0 Å². The highest BCUT2D eigenvalue weighted by Gasteiger charge is 1.96. The first-order chi connectivity index (χ1) is 6.90. The van der Waals surface area contributed by atoms with Crippen LogP contribution in [-0.2, 0) is 0 Å². The van der Waals surface area contributed by atoms with E-state index in [-0.39, 0.29) is 0 Å². The molecule has 0 bridgehead atoms. The molecule has 2 aromatic rings. The molecule has 1 nitrogen and oxygen atoms in total. The van der Waals surface area contributed by atoms with Crippen LogP contribution in [0.4, 0.5) is 0 Å². The van der Waals surface area contributed by atoms with Gasteiger partial charge in [0.25, 0.3) is 0 Å². The zero-order valence-electron chi connectivity index (χ0n) is 7.57. The lowest BCUT2D eigenvalue weighted by Crippen LogP contribution is -1.78. The second-order valence-electron chi connectivity index (χ2n) is 2.97. The maximum absolute atomic E-state index is 8.63. The Labute approximate surface area is 83.2 Å². The summed E-state index contributed by atoms with van der Waals surface area (Å²) in [6.07, 6.45) is 0. The third-order valence-corrected chi connectivity index (χ3v) is 2.03. The van der Waals surface area contributed by atoms with Gasteiger partial charge in [0.1, 0.15) is 0 Å². The molecule has 2 aromatic carbocycles. The summed E-state index contributed by atoms with van der Waals surface area (Å²) in [4.78, 5) is 0. The van der Waals surface area contributed by atoms with Crippen molar-refractivity contribution in [1.29, 1.82) is 5.26 Å². The van der Waals surface area contributed by atoms with Crippen molar-refractivity contribution < 1.29 is 0 Å². The average molecular weight is 178 g/mol. The maximum atomic E-state index is 8.63. The molecule has 0 aliphatic carbocycles. The van der Waals surface area contributed by atoms with E-state index in [0.717, 1.165) is 11.1 Å². The molecule has 0 saturated carbocycles. The van der Waals surface area contributed by atoms with E-state index >= 15 is 0 Å². The largest absolute Gasteiger partial charge is 0.192 e.